The molecule has 1 heterocycles. The highest BCUT2D eigenvalue weighted by Gasteiger charge is 2.32. The third-order valence-electron chi connectivity index (χ3n) is 5.20. The van der Waals surface area contributed by atoms with Gasteiger partial charge in [0, 0.05) is 5.56 Å². The van der Waals surface area contributed by atoms with Crippen molar-refractivity contribution in [2.24, 2.45) is 0 Å². The summed E-state index contributed by atoms with van der Waals surface area (Å²) in [5.41, 5.74) is 3.23. The average Bonchev–Trinajstić information content (AvgIpc) is 3.11. The van der Waals surface area contributed by atoms with Crippen LogP contribution in [-0.4, -0.2) is 23.6 Å². The second-order valence-electron chi connectivity index (χ2n) is 7.12. The number of amides is 1. The van der Waals surface area contributed by atoms with Crippen molar-refractivity contribution in [1.82, 2.24) is 0 Å². The highest BCUT2D eigenvalue weighted by Crippen LogP contribution is 2.35. The van der Waals surface area contributed by atoms with Crippen molar-refractivity contribution in [1.29, 1.82) is 0 Å². The Bertz CT molecular complexity index is 1190. The van der Waals surface area contributed by atoms with Gasteiger partial charge in [-0.25, -0.2) is 13.6 Å². The topological polar surface area (TPSA) is 66.8 Å². The maximum atomic E-state index is 13.8. The molecule has 1 N–H and O–H groups in total. The molecular weight excluding hydrogens is 404 g/mol. The number of anilines is 1. The fourth-order valence-electron chi connectivity index (χ4n) is 3.63. The van der Waals surface area contributed by atoms with Crippen molar-refractivity contribution in [3.05, 3.63) is 88.5 Å². The summed E-state index contributed by atoms with van der Waals surface area (Å²) in [7, 11) is 0. The Morgan fingerprint density at radius 3 is 2.48 bits per heavy atom. The van der Waals surface area contributed by atoms with Gasteiger partial charge in [-0.2, -0.15) is 0 Å². The van der Waals surface area contributed by atoms with Gasteiger partial charge in [-0.05, 0) is 59.5 Å². The number of fused-ring (bicyclic) bond motifs is 1. The van der Waals surface area contributed by atoms with E-state index in [1.165, 1.54) is 17.0 Å². The number of rotatable bonds is 5. The molecule has 0 spiro atoms. The van der Waals surface area contributed by atoms with Gasteiger partial charge in [-0.3, -0.25) is 4.79 Å². The Balaban J connectivity index is 1.81. The monoisotopic (exact) mass is 423 g/mol. The third kappa shape index (κ3) is 3.80. The first kappa shape index (κ1) is 20.7. The van der Waals surface area contributed by atoms with Gasteiger partial charge in [0.2, 0.25) is 0 Å². The Morgan fingerprint density at radius 1 is 1.03 bits per heavy atom. The predicted octanol–water partition coefficient (Wildman–Crippen LogP) is 4.46. The zero-order valence-electron chi connectivity index (χ0n) is 16.7. The molecule has 0 saturated carbocycles. The summed E-state index contributed by atoms with van der Waals surface area (Å²) in [6.45, 7) is 1.88. The molecule has 1 aliphatic heterocycles. The highest BCUT2D eigenvalue weighted by molar-refractivity contribution is 6.13. The minimum absolute atomic E-state index is 0.164. The summed E-state index contributed by atoms with van der Waals surface area (Å²) in [4.78, 5) is 27.1. The summed E-state index contributed by atoms with van der Waals surface area (Å²) in [6, 6.07) is 13.3. The van der Waals surface area contributed by atoms with Gasteiger partial charge >= 0.3 is 5.97 Å². The lowest BCUT2D eigenvalue weighted by atomic mass is 10.0. The van der Waals surface area contributed by atoms with Crippen LogP contribution in [0.4, 0.5) is 14.5 Å². The van der Waals surface area contributed by atoms with Crippen LogP contribution in [0.3, 0.4) is 0 Å². The molecule has 31 heavy (non-hydrogen) atoms. The standard InChI is InChI=1S/C24H19F2NO4/c1-2-31-24(30)18-7-5-16(15-6-8-20(25)21(26)10-15)11-22(18)27-12-17-4-3-14(13-28)9-19(17)23(27)29/h3-11,28H,2,12-13H2,1H3. The maximum Gasteiger partial charge on any atom is 0.340 e. The molecule has 1 amide bonds. The summed E-state index contributed by atoms with van der Waals surface area (Å²) >= 11 is 0. The van der Waals surface area contributed by atoms with Crippen molar-refractivity contribution in [2.45, 2.75) is 20.1 Å². The van der Waals surface area contributed by atoms with Gasteiger partial charge in [-0.1, -0.05) is 24.3 Å². The number of aliphatic hydroxyl groups is 1. The fourth-order valence-corrected chi connectivity index (χ4v) is 3.63. The SMILES string of the molecule is CCOC(=O)c1ccc(-c2ccc(F)c(F)c2)cc1N1Cc2ccc(CO)cc2C1=O. The first-order valence-corrected chi connectivity index (χ1v) is 9.74. The van der Waals surface area contributed by atoms with Crippen LogP contribution in [-0.2, 0) is 17.9 Å². The maximum absolute atomic E-state index is 13.8. The first-order valence-electron chi connectivity index (χ1n) is 9.74. The Kier molecular flexibility index (Phi) is 5.52. The molecule has 7 heteroatoms. The van der Waals surface area contributed by atoms with Crippen LogP contribution in [0.15, 0.2) is 54.6 Å². The quantitative estimate of drug-likeness (QED) is 0.616. The molecule has 0 bridgehead atoms. The third-order valence-corrected chi connectivity index (χ3v) is 5.20. The summed E-state index contributed by atoms with van der Waals surface area (Å²) in [5, 5.41) is 9.37. The smallest absolute Gasteiger partial charge is 0.340 e. The summed E-state index contributed by atoms with van der Waals surface area (Å²) < 4.78 is 32.2. The fraction of sp³-hybridized carbons (Fsp3) is 0.167. The van der Waals surface area contributed by atoms with E-state index < -0.39 is 17.6 Å². The van der Waals surface area contributed by atoms with E-state index in [1.54, 1.807) is 37.3 Å². The van der Waals surface area contributed by atoms with Crippen molar-refractivity contribution < 1.29 is 28.2 Å². The zero-order chi connectivity index (χ0) is 22.1. The number of carbonyl (C=O) groups excluding carboxylic acids is 2. The number of esters is 1. The first-order chi connectivity index (χ1) is 14.9. The molecular formula is C24H19F2NO4. The second-order valence-corrected chi connectivity index (χ2v) is 7.12. The van der Waals surface area contributed by atoms with E-state index in [2.05, 4.69) is 0 Å². The largest absolute Gasteiger partial charge is 0.462 e. The van der Waals surface area contributed by atoms with Gasteiger partial charge in [0.15, 0.2) is 11.6 Å². The van der Waals surface area contributed by atoms with E-state index in [0.717, 1.165) is 17.7 Å². The van der Waals surface area contributed by atoms with E-state index >= 15 is 0 Å². The molecule has 5 nitrogen and oxygen atoms in total. The average molecular weight is 423 g/mol. The van der Waals surface area contributed by atoms with Crippen LogP contribution in [0, 0.1) is 11.6 Å². The molecule has 0 aliphatic carbocycles. The Morgan fingerprint density at radius 2 is 1.77 bits per heavy atom. The minimum atomic E-state index is -0.991. The highest BCUT2D eigenvalue weighted by atomic mass is 19.2. The van der Waals surface area contributed by atoms with Crippen molar-refractivity contribution in [3.63, 3.8) is 0 Å². The van der Waals surface area contributed by atoms with Crippen LogP contribution in [0.5, 0.6) is 0 Å². The number of benzene rings is 3. The zero-order valence-corrected chi connectivity index (χ0v) is 16.7. The van der Waals surface area contributed by atoms with Gasteiger partial charge in [0.05, 0.1) is 31.0 Å². The Hall–Kier alpha value is -3.58. The van der Waals surface area contributed by atoms with Gasteiger partial charge in [0.25, 0.3) is 5.91 Å². The number of carbonyl (C=O) groups is 2. The van der Waals surface area contributed by atoms with Crippen LogP contribution in [0.2, 0.25) is 0 Å². The molecule has 3 aromatic carbocycles. The van der Waals surface area contributed by atoms with E-state index in [4.69, 9.17) is 4.74 Å². The molecule has 0 unspecified atom stereocenters. The number of hydrogen-bond donors (Lipinski definition) is 1. The van der Waals surface area contributed by atoms with Crippen LogP contribution < -0.4 is 4.90 Å². The molecule has 0 fully saturated rings. The van der Waals surface area contributed by atoms with E-state index in [0.29, 0.717) is 27.9 Å². The van der Waals surface area contributed by atoms with Crippen molar-refractivity contribution in [3.8, 4) is 11.1 Å². The molecule has 1 aliphatic rings. The number of ether oxygens (including phenoxy) is 1. The predicted molar refractivity (Wildman–Crippen MR) is 111 cm³/mol. The normalized spacial score (nSPS) is 12.8. The van der Waals surface area contributed by atoms with E-state index in [9.17, 15) is 23.5 Å². The molecule has 0 aromatic heterocycles. The number of nitrogens with zero attached hydrogens (tertiary/aromatic N) is 1. The number of hydrogen-bond acceptors (Lipinski definition) is 4. The number of halogens is 2. The molecule has 3 aromatic rings. The van der Waals surface area contributed by atoms with Crippen LogP contribution in [0.1, 0.15) is 38.8 Å². The van der Waals surface area contributed by atoms with Crippen molar-refractivity contribution >= 4 is 17.6 Å². The molecule has 0 atom stereocenters. The van der Waals surface area contributed by atoms with Crippen molar-refractivity contribution in [2.75, 3.05) is 11.5 Å². The van der Waals surface area contributed by atoms with Gasteiger partial charge in [0.1, 0.15) is 0 Å². The number of aliphatic hydroxyl groups excluding tert-OH is 1. The molecule has 4 rings (SSSR count). The lowest BCUT2D eigenvalue weighted by Crippen LogP contribution is -2.25. The van der Waals surface area contributed by atoms with E-state index in [-0.39, 0.29) is 31.2 Å². The molecule has 158 valence electrons. The van der Waals surface area contributed by atoms with Crippen LogP contribution >= 0.6 is 0 Å². The molecule has 0 saturated heterocycles. The van der Waals surface area contributed by atoms with Gasteiger partial charge in [-0.15, -0.1) is 0 Å². The lowest BCUT2D eigenvalue weighted by molar-refractivity contribution is 0.0527. The van der Waals surface area contributed by atoms with Gasteiger partial charge < -0.3 is 14.7 Å². The lowest BCUT2D eigenvalue weighted by Gasteiger charge is -2.20. The minimum Gasteiger partial charge on any atom is -0.462 e. The summed E-state index contributed by atoms with van der Waals surface area (Å²) in [5.74, 6) is -2.86. The van der Waals surface area contributed by atoms with E-state index in [1.807, 2.05) is 0 Å². The second kappa shape index (κ2) is 8.28. The molecule has 0 radical (unpaired) electrons. The van der Waals surface area contributed by atoms with Crippen LogP contribution in [0.25, 0.3) is 11.1 Å². The Labute approximate surface area is 177 Å². The summed E-state index contributed by atoms with van der Waals surface area (Å²) in [6.07, 6.45) is 0.